The van der Waals surface area contributed by atoms with Crippen LogP contribution < -0.4 is 0 Å². The first-order valence-electron chi connectivity index (χ1n) is 32.0. The minimum Gasteiger partial charge on any atom is -0.310 e. The van der Waals surface area contributed by atoms with E-state index in [0.29, 0.717) is 0 Å². The molecule has 0 spiro atoms. The fraction of sp³-hybridized carbons (Fsp3) is 0.274. The molecule has 0 unspecified atom stereocenters. The first-order chi connectivity index (χ1) is 42.6. The maximum Gasteiger partial charge on any atom is 0.233 e. The summed E-state index contributed by atoms with van der Waals surface area (Å²) in [7, 11) is 0. The molecule has 0 atom stereocenters. The molecule has 9 aromatic carbocycles. The van der Waals surface area contributed by atoms with Crippen LogP contribution in [-0.4, -0.2) is 16.1 Å². The summed E-state index contributed by atoms with van der Waals surface area (Å²) in [4.78, 5) is 12.7. The summed E-state index contributed by atoms with van der Waals surface area (Å²) in [5, 5.41) is 0. The maximum atomic E-state index is 7.30. The van der Waals surface area contributed by atoms with Crippen molar-refractivity contribution < 1.29 is 20.1 Å². The van der Waals surface area contributed by atoms with Crippen LogP contribution in [0.1, 0.15) is 102 Å². The van der Waals surface area contributed by atoms with Crippen molar-refractivity contribution in [1.82, 2.24) is 4.98 Å². The van der Waals surface area contributed by atoms with Crippen LogP contribution in [0.3, 0.4) is 0 Å². The van der Waals surface area contributed by atoms with Crippen molar-refractivity contribution in [1.29, 1.82) is 0 Å². The Morgan fingerprint density at radius 3 is 1.17 bits per heavy atom. The van der Waals surface area contributed by atoms with E-state index in [1.165, 1.54) is 127 Å². The summed E-state index contributed by atoms with van der Waals surface area (Å²) < 4.78 is 0. The number of rotatable bonds is 8. The van der Waals surface area contributed by atoms with Crippen LogP contribution in [0, 0.1) is 66.9 Å². The van der Waals surface area contributed by atoms with Gasteiger partial charge in [0, 0.05) is 70.2 Å². The van der Waals surface area contributed by atoms with E-state index in [1.807, 2.05) is 18.3 Å². The molecule has 9 aliphatic rings. The van der Waals surface area contributed by atoms with Crippen LogP contribution in [0.5, 0.6) is 0 Å². The molecular formula is C84H72IrN3-3. The van der Waals surface area contributed by atoms with Crippen LogP contribution >= 0.6 is 0 Å². The average molecular weight is 1320 g/mol. The topological polar surface area (TPSA) is 21.6 Å². The minimum atomic E-state index is -0.0579. The zero-order valence-electron chi connectivity index (χ0n) is 50.4. The molecule has 435 valence electrons. The zero-order chi connectivity index (χ0) is 58.7. The molecule has 8 fully saturated rings. The smallest absolute Gasteiger partial charge is 0.233 e. The first-order valence-corrected chi connectivity index (χ1v) is 32.0. The largest absolute Gasteiger partial charge is 0.310 e. The van der Waals surface area contributed by atoms with Crippen molar-refractivity contribution in [3.8, 4) is 100 Å². The fourth-order valence-corrected chi connectivity index (χ4v) is 18.0. The second-order valence-electron chi connectivity index (χ2n) is 27.4. The molecule has 10 aromatic rings. The number of fused-ring (bicyclic) bond motifs is 3. The van der Waals surface area contributed by atoms with Gasteiger partial charge in [0.2, 0.25) is 11.1 Å². The normalized spacial score (nSPS) is 24.0. The van der Waals surface area contributed by atoms with Crippen molar-refractivity contribution in [2.75, 3.05) is 0 Å². The molecule has 8 bridgehead atoms. The molecule has 88 heavy (non-hydrogen) atoms. The van der Waals surface area contributed by atoms with Gasteiger partial charge in [0.1, 0.15) is 0 Å². The Morgan fingerprint density at radius 2 is 0.761 bits per heavy atom. The first kappa shape index (κ1) is 57.5. The van der Waals surface area contributed by atoms with E-state index in [9.17, 15) is 0 Å². The van der Waals surface area contributed by atoms with Gasteiger partial charge in [0.15, 0.2) is 0 Å². The van der Waals surface area contributed by atoms with Crippen molar-refractivity contribution >= 4 is 0 Å². The molecule has 8 saturated carbocycles. The van der Waals surface area contributed by atoms with Gasteiger partial charge in [-0.25, -0.2) is 13.1 Å². The Morgan fingerprint density at radius 1 is 0.375 bits per heavy atom. The number of hydrogen-bond acceptors (Lipinski definition) is 1. The number of benzene rings is 9. The minimum absolute atomic E-state index is 0. The quantitative estimate of drug-likeness (QED) is 0.139. The molecular weight excluding hydrogens is 1240 g/mol. The molecule has 0 saturated heterocycles. The summed E-state index contributed by atoms with van der Waals surface area (Å²) in [6.45, 7) is 19.3. The fourth-order valence-electron chi connectivity index (χ4n) is 18.0. The van der Waals surface area contributed by atoms with E-state index in [1.54, 1.807) is 0 Å². The van der Waals surface area contributed by atoms with Gasteiger partial charge in [-0.1, -0.05) is 151 Å². The third-order valence-corrected chi connectivity index (χ3v) is 21.2. The Bertz CT molecular complexity index is 4070. The second kappa shape index (κ2) is 23.7. The van der Waals surface area contributed by atoms with E-state index in [2.05, 4.69) is 242 Å². The van der Waals surface area contributed by atoms with Gasteiger partial charge in [-0.3, -0.25) is 0 Å². The van der Waals surface area contributed by atoms with E-state index < -0.39 is 0 Å². The van der Waals surface area contributed by atoms with Crippen LogP contribution in [-0.2, 0) is 25.5 Å². The molecule has 9 aliphatic carbocycles. The molecule has 1 radical (unpaired) electrons. The van der Waals surface area contributed by atoms with E-state index >= 15 is 0 Å². The van der Waals surface area contributed by atoms with Gasteiger partial charge < -0.3 is 14.7 Å². The standard InChI is InChI=1S/C62H42N.2C11H15N.Ir/c1-62(2)59-28-16-15-27-57(59)58-34-33-46(40-60(58)62)47-35-36-63-61(41-47)45-31-29-44(30-32-45)53-23-11-14-26-56(53)50-38-48(54-24-12-9-21-51(54)42-17-5-3-6-18-42)37-49(39-50)55-25-13-10-22-52(55)43-19-7-4-8-20-43;2*1-12-11-5-8-2-9(6-11)4-10(3-8)7-11;/h3-5,7,9-31,33-41H,1-2H3;2*8-10H,2-7H2;/q-3;;;. The van der Waals surface area contributed by atoms with Crippen molar-refractivity contribution in [3.63, 3.8) is 0 Å². The van der Waals surface area contributed by atoms with Gasteiger partial charge in [-0.15, -0.1) is 41.0 Å². The molecule has 1 aromatic heterocycles. The summed E-state index contributed by atoms with van der Waals surface area (Å²) in [5.74, 6) is 5.61. The molecule has 3 nitrogen and oxygen atoms in total. The Balaban J connectivity index is 0.000000221. The number of nitrogens with zero attached hydrogens (tertiary/aromatic N) is 3. The summed E-state index contributed by atoms with van der Waals surface area (Å²) in [5.41, 5.74) is 23.6. The zero-order valence-corrected chi connectivity index (χ0v) is 52.8. The van der Waals surface area contributed by atoms with Gasteiger partial charge in [-0.2, -0.15) is 60.7 Å². The third-order valence-electron chi connectivity index (χ3n) is 21.2. The molecule has 0 amide bonds. The van der Waals surface area contributed by atoms with E-state index in [0.717, 1.165) is 96.8 Å². The Hall–Kier alpha value is -8.24. The molecule has 4 heteroatoms. The van der Waals surface area contributed by atoms with Crippen LogP contribution in [0.15, 0.2) is 219 Å². The van der Waals surface area contributed by atoms with Gasteiger partial charge >= 0.3 is 0 Å². The van der Waals surface area contributed by atoms with Crippen LogP contribution in [0.4, 0.5) is 0 Å². The van der Waals surface area contributed by atoms with Crippen molar-refractivity contribution in [2.45, 2.75) is 107 Å². The molecule has 0 N–H and O–H groups in total. The van der Waals surface area contributed by atoms with Crippen LogP contribution in [0.2, 0.25) is 0 Å². The van der Waals surface area contributed by atoms with Crippen molar-refractivity contribution in [3.05, 3.63) is 271 Å². The molecule has 19 rings (SSSR count). The van der Waals surface area contributed by atoms with E-state index in [-0.39, 0.29) is 36.6 Å². The Labute approximate surface area is 535 Å². The molecule has 1 heterocycles. The SMILES string of the molecule is CC1(C)c2ccccc2-c2ccc(-c3ccnc(-c4[c-]cc(-c5ccccc5-c5cc(-c6ccccc6-c6c[c-]ccc6)cc(-c6ccccc6-c6c[c-]ccc6)c5)cc4)c3)cc21.[C-]#[N+]C12CC3CC(CC(C3)C1)C2.[C-]#[N+]C12CC3CC(CC(C3)C1)C2.[Ir]. The van der Waals surface area contributed by atoms with Crippen LogP contribution in [0.25, 0.3) is 110 Å². The predicted molar refractivity (Wildman–Crippen MR) is 357 cm³/mol. The van der Waals surface area contributed by atoms with E-state index in [4.69, 9.17) is 18.1 Å². The van der Waals surface area contributed by atoms with Gasteiger partial charge in [0.05, 0.1) is 0 Å². The summed E-state index contributed by atoms with van der Waals surface area (Å²) >= 11 is 0. The summed E-state index contributed by atoms with van der Waals surface area (Å²) in [6, 6.07) is 86.3. The Kier molecular flexibility index (Phi) is 15.5. The molecule has 0 aliphatic heterocycles. The van der Waals surface area contributed by atoms with Crippen molar-refractivity contribution in [2.24, 2.45) is 35.5 Å². The second-order valence-corrected chi connectivity index (χ2v) is 27.4. The predicted octanol–water partition coefficient (Wildman–Crippen LogP) is 21.9. The number of aromatic nitrogens is 1. The van der Waals surface area contributed by atoms with Gasteiger partial charge in [0.25, 0.3) is 0 Å². The monoisotopic (exact) mass is 1320 g/mol. The average Bonchev–Trinajstić information content (AvgIpc) is 1.74. The third kappa shape index (κ3) is 10.9. The summed E-state index contributed by atoms with van der Waals surface area (Å²) in [6.07, 6.45) is 18.1. The number of pyridine rings is 1. The maximum absolute atomic E-state index is 7.30. The van der Waals surface area contributed by atoms with Gasteiger partial charge in [-0.05, 0) is 177 Å². The number of hydrogen-bond donors (Lipinski definition) is 0.